The van der Waals surface area contributed by atoms with Gasteiger partial charge in [-0.05, 0) is 56.0 Å². The van der Waals surface area contributed by atoms with E-state index in [1.54, 1.807) is 7.11 Å². The highest BCUT2D eigenvalue weighted by molar-refractivity contribution is 5.30. The van der Waals surface area contributed by atoms with Gasteiger partial charge in [-0.15, -0.1) is 0 Å². The van der Waals surface area contributed by atoms with Crippen LogP contribution in [0.2, 0.25) is 0 Å². The molecule has 0 amide bonds. The Hall–Kier alpha value is -1.06. The van der Waals surface area contributed by atoms with Crippen molar-refractivity contribution in [2.45, 2.75) is 39.2 Å². The van der Waals surface area contributed by atoms with E-state index in [0.717, 1.165) is 37.7 Å². The Morgan fingerprint density at radius 2 is 2.14 bits per heavy atom. The lowest BCUT2D eigenvalue weighted by molar-refractivity contribution is 0.244. The highest BCUT2D eigenvalue weighted by atomic mass is 16.5. The maximum absolute atomic E-state index is 5.37. The van der Waals surface area contributed by atoms with Crippen LogP contribution in [0, 0.1) is 5.92 Å². The first kappa shape index (κ1) is 16.3. The topological polar surface area (TPSA) is 24.5 Å². The molecule has 1 aromatic rings. The average Bonchev–Trinajstić information content (AvgIpc) is 3.34. The van der Waals surface area contributed by atoms with Crippen molar-refractivity contribution < 1.29 is 4.74 Å². The van der Waals surface area contributed by atoms with Gasteiger partial charge in [0.2, 0.25) is 0 Å². The van der Waals surface area contributed by atoms with Gasteiger partial charge in [0.05, 0.1) is 7.11 Å². The van der Waals surface area contributed by atoms with E-state index < -0.39 is 0 Å². The molecule has 1 N–H and O–H groups in total. The zero-order chi connectivity index (χ0) is 15.1. The van der Waals surface area contributed by atoms with Gasteiger partial charge in [0.25, 0.3) is 0 Å². The predicted molar refractivity (Wildman–Crippen MR) is 88.9 cm³/mol. The smallest absolute Gasteiger partial charge is 0.119 e. The van der Waals surface area contributed by atoms with Gasteiger partial charge in [-0.3, -0.25) is 0 Å². The third kappa shape index (κ3) is 5.33. The Kier molecular flexibility index (Phi) is 6.52. The molecule has 1 fully saturated rings. The first-order valence-electron chi connectivity index (χ1n) is 8.36. The molecule has 0 aliphatic heterocycles. The highest BCUT2D eigenvalue weighted by Gasteiger charge is 2.25. The zero-order valence-corrected chi connectivity index (χ0v) is 13.8. The van der Waals surface area contributed by atoms with Crippen LogP contribution in [0.4, 0.5) is 0 Å². The summed E-state index contributed by atoms with van der Waals surface area (Å²) in [7, 11) is 1.74. The zero-order valence-electron chi connectivity index (χ0n) is 13.8. The van der Waals surface area contributed by atoms with Gasteiger partial charge in [0.15, 0.2) is 0 Å². The molecule has 1 unspecified atom stereocenters. The molecular formula is C18H30N2O. The van der Waals surface area contributed by atoms with Crippen molar-refractivity contribution in [2.75, 3.05) is 33.3 Å². The van der Waals surface area contributed by atoms with Gasteiger partial charge in [0, 0.05) is 19.1 Å². The van der Waals surface area contributed by atoms with Gasteiger partial charge >= 0.3 is 0 Å². The molecule has 118 valence electrons. The SMILES string of the molecule is CCCNC(CN(CC)CC1CC1)c1cccc(OC)c1. The minimum atomic E-state index is 0.388. The molecule has 3 heteroatoms. The Labute approximate surface area is 129 Å². The molecule has 1 saturated carbocycles. The summed E-state index contributed by atoms with van der Waals surface area (Å²) in [6.45, 7) is 9.01. The summed E-state index contributed by atoms with van der Waals surface area (Å²) >= 11 is 0. The first-order chi connectivity index (χ1) is 10.3. The van der Waals surface area contributed by atoms with Gasteiger partial charge in [-0.2, -0.15) is 0 Å². The molecule has 0 aromatic heterocycles. The Balaban J connectivity index is 2.03. The summed E-state index contributed by atoms with van der Waals surface area (Å²) < 4.78 is 5.37. The molecule has 1 aliphatic rings. The van der Waals surface area contributed by atoms with Crippen molar-refractivity contribution in [2.24, 2.45) is 5.92 Å². The van der Waals surface area contributed by atoms with Crippen molar-refractivity contribution >= 4 is 0 Å². The molecular weight excluding hydrogens is 260 g/mol. The molecule has 21 heavy (non-hydrogen) atoms. The van der Waals surface area contributed by atoms with Gasteiger partial charge in [-0.1, -0.05) is 26.0 Å². The van der Waals surface area contributed by atoms with E-state index in [1.807, 2.05) is 6.07 Å². The Bertz CT molecular complexity index is 417. The van der Waals surface area contributed by atoms with Crippen molar-refractivity contribution in [3.63, 3.8) is 0 Å². The number of rotatable bonds is 10. The molecule has 2 rings (SSSR count). The van der Waals surface area contributed by atoms with Crippen LogP contribution >= 0.6 is 0 Å². The second kappa shape index (κ2) is 8.40. The van der Waals surface area contributed by atoms with Crippen LogP contribution in [0.5, 0.6) is 5.75 Å². The normalized spacial score (nSPS) is 16.2. The monoisotopic (exact) mass is 290 g/mol. The number of benzene rings is 1. The molecule has 1 atom stereocenters. The minimum Gasteiger partial charge on any atom is -0.497 e. The Morgan fingerprint density at radius 1 is 1.33 bits per heavy atom. The summed E-state index contributed by atoms with van der Waals surface area (Å²) in [5.41, 5.74) is 1.33. The minimum absolute atomic E-state index is 0.388. The lowest BCUT2D eigenvalue weighted by Gasteiger charge is -2.28. The number of nitrogens with one attached hydrogen (secondary N) is 1. The number of likely N-dealkylation sites (N-methyl/N-ethyl adjacent to an activating group) is 1. The third-order valence-corrected chi connectivity index (χ3v) is 4.24. The molecule has 3 nitrogen and oxygen atoms in total. The standard InChI is InChI=1S/C18H30N2O/c1-4-11-19-18(14-20(5-2)13-15-9-10-15)16-7-6-8-17(12-16)21-3/h6-8,12,15,18-19H,4-5,9-11,13-14H2,1-3H3. The number of hydrogen-bond acceptors (Lipinski definition) is 3. The molecule has 0 heterocycles. The third-order valence-electron chi connectivity index (χ3n) is 4.24. The first-order valence-corrected chi connectivity index (χ1v) is 8.36. The summed E-state index contributed by atoms with van der Waals surface area (Å²) in [6.07, 6.45) is 4.00. The summed E-state index contributed by atoms with van der Waals surface area (Å²) in [5, 5.41) is 3.70. The molecule has 0 saturated heterocycles. The van der Waals surface area contributed by atoms with E-state index in [2.05, 4.69) is 42.3 Å². The van der Waals surface area contributed by atoms with E-state index in [9.17, 15) is 0 Å². The van der Waals surface area contributed by atoms with E-state index >= 15 is 0 Å². The van der Waals surface area contributed by atoms with Gasteiger partial charge in [0.1, 0.15) is 5.75 Å². The van der Waals surface area contributed by atoms with Crippen LogP contribution in [-0.2, 0) is 0 Å². The summed E-state index contributed by atoms with van der Waals surface area (Å²) in [4.78, 5) is 2.59. The Morgan fingerprint density at radius 3 is 2.76 bits per heavy atom. The quantitative estimate of drug-likeness (QED) is 0.714. The van der Waals surface area contributed by atoms with Crippen molar-refractivity contribution in [3.05, 3.63) is 29.8 Å². The van der Waals surface area contributed by atoms with E-state index in [0.29, 0.717) is 6.04 Å². The van der Waals surface area contributed by atoms with Crippen LogP contribution < -0.4 is 10.1 Å². The fourth-order valence-corrected chi connectivity index (χ4v) is 2.72. The van der Waals surface area contributed by atoms with Crippen LogP contribution in [0.3, 0.4) is 0 Å². The number of hydrogen-bond donors (Lipinski definition) is 1. The second-order valence-corrected chi connectivity index (χ2v) is 6.08. The molecule has 1 aliphatic carbocycles. The molecule has 0 radical (unpaired) electrons. The van der Waals surface area contributed by atoms with Crippen LogP contribution in [-0.4, -0.2) is 38.2 Å². The van der Waals surface area contributed by atoms with Crippen molar-refractivity contribution in [1.29, 1.82) is 0 Å². The molecule has 0 bridgehead atoms. The lowest BCUT2D eigenvalue weighted by atomic mass is 10.1. The molecule has 0 spiro atoms. The summed E-state index contributed by atoms with van der Waals surface area (Å²) in [6, 6.07) is 8.87. The number of ether oxygens (including phenoxy) is 1. The maximum atomic E-state index is 5.37. The predicted octanol–water partition coefficient (Wildman–Crippen LogP) is 3.47. The van der Waals surface area contributed by atoms with Crippen molar-refractivity contribution in [3.8, 4) is 5.75 Å². The number of methoxy groups -OCH3 is 1. The van der Waals surface area contributed by atoms with E-state index in [4.69, 9.17) is 4.74 Å². The molecule has 1 aromatic carbocycles. The van der Waals surface area contributed by atoms with Crippen molar-refractivity contribution in [1.82, 2.24) is 10.2 Å². The highest BCUT2D eigenvalue weighted by Crippen LogP contribution is 2.30. The second-order valence-electron chi connectivity index (χ2n) is 6.08. The maximum Gasteiger partial charge on any atom is 0.119 e. The fraction of sp³-hybridized carbons (Fsp3) is 0.667. The summed E-state index contributed by atoms with van der Waals surface area (Å²) in [5.74, 6) is 1.89. The van der Waals surface area contributed by atoms with Crippen LogP contribution in [0.15, 0.2) is 24.3 Å². The lowest BCUT2D eigenvalue weighted by Crippen LogP contribution is -2.36. The average molecular weight is 290 g/mol. The fourth-order valence-electron chi connectivity index (χ4n) is 2.72. The number of nitrogens with zero attached hydrogens (tertiary/aromatic N) is 1. The largest absolute Gasteiger partial charge is 0.497 e. The van der Waals surface area contributed by atoms with Gasteiger partial charge in [-0.25, -0.2) is 0 Å². The van der Waals surface area contributed by atoms with Gasteiger partial charge < -0.3 is 15.0 Å². The van der Waals surface area contributed by atoms with Crippen LogP contribution in [0.1, 0.15) is 44.7 Å². The van der Waals surface area contributed by atoms with E-state index in [1.165, 1.54) is 24.9 Å². The van der Waals surface area contributed by atoms with Crippen LogP contribution in [0.25, 0.3) is 0 Å². The van der Waals surface area contributed by atoms with E-state index in [-0.39, 0.29) is 0 Å².